The molecule has 0 saturated heterocycles. The molecule has 3 N–H and O–H groups in total. The molecular formula is C14H21N3O5S. The van der Waals surface area contributed by atoms with Gasteiger partial charge < -0.3 is 10.2 Å². The zero-order valence-electron chi connectivity index (χ0n) is 13.1. The van der Waals surface area contributed by atoms with Crippen molar-refractivity contribution in [3.8, 4) is 5.88 Å². The average molecular weight is 343 g/mol. The Morgan fingerprint density at radius 3 is 2.74 bits per heavy atom. The molecule has 0 saturated carbocycles. The summed E-state index contributed by atoms with van der Waals surface area (Å²) in [6.07, 6.45) is 4.64. The molecule has 0 bridgehead atoms. The number of nitrogens with one attached hydrogen (secondary N) is 1. The predicted octanol–water partition coefficient (Wildman–Crippen LogP) is 0.667. The Morgan fingerprint density at radius 2 is 2.17 bits per heavy atom. The quantitative estimate of drug-likeness (QED) is 0.566. The van der Waals surface area contributed by atoms with E-state index in [1.807, 2.05) is 13.2 Å². The van der Waals surface area contributed by atoms with Gasteiger partial charge in [0.2, 0.25) is 5.88 Å². The van der Waals surface area contributed by atoms with E-state index in [0.29, 0.717) is 18.6 Å². The first-order valence-electron chi connectivity index (χ1n) is 7.23. The van der Waals surface area contributed by atoms with Crippen molar-refractivity contribution in [1.29, 1.82) is 0 Å². The number of hydrogen-bond acceptors (Lipinski definition) is 6. The highest BCUT2D eigenvalue weighted by atomic mass is 32.2. The average Bonchev–Trinajstić information content (AvgIpc) is 2.49. The molecular weight excluding hydrogens is 322 g/mol. The maximum atomic E-state index is 11.8. The normalized spacial score (nSPS) is 12.6. The summed E-state index contributed by atoms with van der Waals surface area (Å²) in [4.78, 5) is 40.6. The van der Waals surface area contributed by atoms with Crippen molar-refractivity contribution in [2.45, 2.75) is 38.8 Å². The smallest absolute Gasteiger partial charge is 0.331 e. The van der Waals surface area contributed by atoms with E-state index < -0.39 is 29.1 Å². The number of rotatable bonds is 9. The molecule has 1 atom stereocenters. The molecule has 1 aromatic heterocycles. The Bertz CT molecular complexity index is 680. The Morgan fingerprint density at radius 1 is 1.48 bits per heavy atom. The molecule has 0 radical (unpaired) electrons. The van der Waals surface area contributed by atoms with E-state index >= 15 is 0 Å². The second-order valence-electron chi connectivity index (χ2n) is 4.92. The number of nitrogens with zero attached hydrogens (tertiary/aromatic N) is 2. The molecule has 0 aliphatic heterocycles. The van der Waals surface area contributed by atoms with Crippen molar-refractivity contribution in [3.05, 3.63) is 26.4 Å². The fourth-order valence-electron chi connectivity index (χ4n) is 1.87. The van der Waals surface area contributed by atoms with Crippen molar-refractivity contribution in [3.63, 3.8) is 0 Å². The van der Waals surface area contributed by atoms with Gasteiger partial charge in [-0.15, -0.1) is 0 Å². The van der Waals surface area contributed by atoms with E-state index in [1.54, 1.807) is 0 Å². The summed E-state index contributed by atoms with van der Waals surface area (Å²) in [6, 6.07) is -1.00. The number of carboxylic acid groups (broad SMARTS) is 1. The lowest BCUT2D eigenvalue weighted by atomic mass is 10.2. The van der Waals surface area contributed by atoms with Crippen LogP contribution in [0.5, 0.6) is 5.88 Å². The summed E-state index contributed by atoms with van der Waals surface area (Å²) in [6.45, 7) is 2.19. The molecule has 0 fully saturated rings. The Labute approximate surface area is 137 Å². The topological polar surface area (TPSA) is 125 Å². The maximum absolute atomic E-state index is 11.8. The van der Waals surface area contributed by atoms with Gasteiger partial charge in [0.15, 0.2) is 0 Å². The first kappa shape index (κ1) is 19.0. The molecule has 8 nitrogen and oxygen atoms in total. The summed E-state index contributed by atoms with van der Waals surface area (Å²) in [5, 5.41) is 19.2. The molecule has 23 heavy (non-hydrogen) atoms. The van der Waals surface area contributed by atoms with Crippen LogP contribution in [0.25, 0.3) is 0 Å². The van der Waals surface area contributed by atoms with Crippen LogP contribution in [0.4, 0.5) is 0 Å². The summed E-state index contributed by atoms with van der Waals surface area (Å²) in [7, 11) is 0. The number of aliphatic imine (C=N–C) groups is 1. The lowest BCUT2D eigenvalue weighted by Crippen LogP contribution is -2.32. The molecule has 128 valence electrons. The van der Waals surface area contributed by atoms with E-state index in [9.17, 15) is 19.5 Å². The van der Waals surface area contributed by atoms with Gasteiger partial charge in [-0.05, 0) is 24.9 Å². The number of unbranched alkanes of at least 4 members (excludes halogenated alkanes) is 1. The van der Waals surface area contributed by atoms with Crippen LogP contribution in [0.1, 0.15) is 31.7 Å². The molecule has 0 aliphatic rings. The lowest BCUT2D eigenvalue weighted by Gasteiger charge is -2.09. The van der Waals surface area contributed by atoms with Gasteiger partial charge in [0, 0.05) is 12.8 Å². The molecule has 1 heterocycles. The van der Waals surface area contributed by atoms with E-state index in [4.69, 9.17) is 5.11 Å². The number of hydrogen-bond donors (Lipinski definition) is 3. The first-order valence-corrected chi connectivity index (χ1v) is 8.62. The highest BCUT2D eigenvalue weighted by molar-refractivity contribution is 7.98. The minimum atomic E-state index is -1.11. The van der Waals surface area contributed by atoms with E-state index in [0.717, 1.165) is 17.2 Å². The van der Waals surface area contributed by atoms with Crippen molar-refractivity contribution in [2.75, 3.05) is 12.0 Å². The number of aromatic nitrogens is 2. The van der Waals surface area contributed by atoms with Gasteiger partial charge in [0.1, 0.15) is 11.6 Å². The SMILES string of the molecule is CCCCn1c(O)c(C=N[C@H](CCSC)C(=O)O)c(=O)[nH]c1=O. The number of aromatic hydroxyl groups is 1. The highest BCUT2D eigenvalue weighted by Crippen LogP contribution is 2.10. The molecule has 0 unspecified atom stereocenters. The van der Waals surface area contributed by atoms with Crippen molar-refractivity contribution in [2.24, 2.45) is 4.99 Å². The number of aromatic amines is 1. The zero-order valence-corrected chi connectivity index (χ0v) is 13.9. The summed E-state index contributed by atoms with van der Waals surface area (Å²) < 4.78 is 1.05. The number of carbonyl (C=O) groups is 1. The van der Waals surface area contributed by atoms with Gasteiger partial charge >= 0.3 is 11.7 Å². The van der Waals surface area contributed by atoms with Gasteiger partial charge in [-0.25, -0.2) is 9.59 Å². The summed E-state index contributed by atoms with van der Waals surface area (Å²) in [5.74, 6) is -0.998. The van der Waals surface area contributed by atoms with Crippen molar-refractivity contribution in [1.82, 2.24) is 9.55 Å². The number of carboxylic acids is 1. The number of aliphatic carboxylic acids is 1. The molecule has 0 aromatic carbocycles. The van der Waals surface area contributed by atoms with Crippen LogP contribution in [0.15, 0.2) is 14.6 Å². The van der Waals surface area contributed by atoms with E-state index in [1.165, 1.54) is 11.8 Å². The van der Waals surface area contributed by atoms with Crippen LogP contribution >= 0.6 is 11.8 Å². The second-order valence-corrected chi connectivity index (χ2v) is 5.90. The van der Waals surface area contributed by atoms with E-state index in [-0.39, 0.29) is 12.1 Å². The molecule has 1 aromatic rings. The number of H-pyrrole nitrogens is 1. The molecule has 0 amide bonds. The molecule has 9 heteroatoms. The summed E-state index contributed by atoms with van der Waals surface area (Å²) in [5.41, 5.74) is -1.70. The van der Waals surface area contributed by atoms with Crippen LogP contribution in [0, 0.1) is 0 Å². The molecule has 0 aliphatic carbocycles. The maximum Gasteiger partial charge on any atom is 0.331 e. The Hall–Kier alpha value is -2.03. The molecule has 1 rings (SSSR count). The molecule has 0 spiro atoms. The van der Waals surface area contributed by atoms with Crippen LogP contribution in [-0.4, -0.2) is 50.0 Å². The summed E-state index contributed by atoms with van der Waals surface area (Å²) >= 11 is 1.49. The van der Waals surface area contributed by atoms with Gasteiger partial charge in [-0.3, -0.25) is 19.3 Å². The minimum Gasteiger partial charge on any atom is -0.494 e. The fraction of sp³-hybridized carbons (Fsp3) is 0.571. The van der Waals surface area contributed by atoms with Crippen LogP contribution in [0.3, 0.4) is 0 Å². The van der Waals surface area contributed by atoms with Gasteiger partial charge in [0.25, 0.3) is 5.56 Å². The Kier molecular flexibility index (Phi) is 7.60. The minimum absolute atomic E-state index is 0.212. The second kappa shape index (κ2) is 9.19. The lowest BCUT2D eigenvalue weighted by molar-refractivity contribution is -0.138. The monoisotopic (exact) mass is 343 g/mol. The van der Waals surface area contributed by atoms with Crippen LogP contribution in [-0.2, 0) is 11.3 Å². The van der Waals surface area contributed by atoms with Crippen molar-refractivity contribution < 1.29 is 15.0 Å². The zero-order chi connectivity index (χ0) is 17.4. The number of thioether (sulfide) groups is 1. The standard InChI is InChI=1S/C14H21N3O5S/c1-3-4-6-17-12(19)9(11(18)16-14(17)22)8-15-10(13(20)21)5-7-23-2/h8,10,19H,3-7H2,1-2H3,(H,20,21)(H,16,18,22)/t10-/m1/s1. The fourth-order valence-corrected chi connectivity index (χ4v) is 2.33. The van der Waals surface area contributed by atoms with Gasteiger partial charge in [-0.2, -0.15) is 11.8 Å². The van der Waals surface area contributed by atoms with Gasteiger partial charge in [0.05, 0.1) is 0 Å². The predicted molar refractivity (Wildman–Crippen MR) is 89.9 cm³/mol. The van der Waals surface area contributed by atoms with Gasteiger partial charge in [-0.1, -0.05) is 13.3 Å². The largest absolute Gasteiger partial charge is 0.494 e. The van der Waals surface area contributed by atoms with Crippen molar-refractivity contribution >= 4 is 23.9 Å². The highest BCUT2D eigenvalue weighted by Gasteiger charge is 2.17. The third-order valence-electron chi connectivity index (χ3n) is 3.21. The third kappa shape index (κ3) is 5.27. The third-order valence-corrected chi connectivity index (χ3v) is 3.85. The first-order chi connectivity index (χ1) is 10.9. The van der Waals surface area contributed by atoms with Crippen LogP contribution < -0.4 is 11.2 Å². The van der Waals surface area contributed by atoms with E-state index in [2.05, 4.69) is 9.98 Å². The van der Waals surface area contributed by atoms with Crippen LogP contribution in [0.2, 0.25) is 0 Å². The Balaban J connectivity index is 3.16.